The van der Waals surface area contributed by atoms with E-state index in [-0.39, 0.29) is 11.8 Å². The van der Waals surface area contributed by atoms with Crippen LogP contribution in [0, 0.1) is 5.92 Å². The molecule has 0 aromatic heterocycles. The third-order valence-electron chi connectivity index (χ3n) is 2.42. The molecule has 5 heteroatoms. The third kappa shape index (κ3) is 3.06. The quantitative estimate of drug-likeness (QED) is 0.569. The molecule has 2 atom stereocenters. The van der Waals surface area contributed by atoms with Gasteiger partial charge in [0.1, 0.15) is 0 Å². The van der Waals surface area contributed by atoms with Gasteiger partial charge in [-0.1, -0.05) is 12.2 Å². The molecular weight excluding hydrogens is 198 g/mol. The molecule has 0 aromatic carbocycles. The van der Waals surface area contributed by atoms with Crippen molar-refractivity contribution < 1.29 is 19.8 Å². The van der Waals surface area contributed by atoms with Crippen LogP contribution in [0.2, 0.25) is 0 Å². The van der Waals surface area contributed by atoms with E-state index in [9.17, 15) is 9.59 Å². The van der Waals surface area contributed by atoms with Crippen molar-refractivity contribution in [3.05, 3.63) is 12.2 Å². The van der Waals surface area contributed by atoms with Crippen molar-refractivity contribution in [2.45, 2.75) is 31.9 Å². The Balaban J connectivity index is 2.51. The minimum absolute atomic E-state index is 0.189. The van der Waals surface area contributed by atoms with Gasteiger partial charge in [-0.2, -0.15) is 0 Å². The van der Waals surface area contributed by atoms with Gasteiger partial charge < -0.3 is 15.5 Å². The minimum atomic E-state index is -1.22. The molecular formula is C10H15NO4. The number of carboxylic acids is 1. The molecule has 0 heterocycles. The first-order chi connectivity index (χ1) is 7.02. The molecule has 0 bridgehead atoms. The standard InChI is InChI=1S/C10H15NO4/c1-6(12)8(10(14)15)11-9(13)7-4-2-3-5-7/h2-3,6-8,12H,4-5H2,1H3,(H,11,13)(H,14,15). The number of aliphatic hydroxyl groups excluding tert-OH is 1. The molecule has 0 saturated carbocycles. The van der Waals surface area contributed by atoms with Crippen molar-refractivity contribution in [3.8, 4) is 0 Å². The second-order valence-corrected chi connectivity index (χ2v) is 3.70. The zero-order chi connectivity index (χ0) is 11.4. The van der Waals surface area contributed by atoms with Crippen LogP contribution in [0.4, 0.5) is 0 Å². The topological polar surface area (TPSA) is 86.6 Å². The Morgan fingerprint density at radius 3 is 2.33 bits per heavy atom. The Labute approximate surface area is 87.8 Å². The number of hydrogen-bond acceptors (Lipinski definition) is 3. The first-order valence-electron chi connectivity index (χ1n) is 4.88. The van der Waals surface area contributed by atoms with Crippen molar-refractivity contribution in [1.82, 2.24) is 5.32 Å². The van der Waals surface area contributed by atoms with Crippen LogP contribution >= 0.6 is 0 Å². The number of carbonyl (C=O) groups excluding carboxylic acids is 1. The van der Waals surface area contributed by atoms with Crippen molar-refractivity contribution in [1.29, 1.82) is 0 Å². The molecule has 84 valence electrons. The fourth-order valence-electron chi connectivity index (χ4n) is 1.49. The number of carboxylic acid groups (broad SMARTS) is 1. The minimum Gasteiger partial charge on any atom is -0.480 e. The van der Waals surface area contributed by atoms with Crippen LogP contribution in [-0.4, -0.2) is 34.2 Å². The first-order valence-corrected chi connectivity index (χ1v) is 4.88. The molecule has 1 amide bonds. The van der Waals surface area contributed by atoms with Crippen molar-refractivity contribution in [2.75, 3.05) is 0 Å². The van der Waals surface area contributed by atoms with Crippen LogP contribution in [0.5, 0.6) is 0 Å². The summed E-state index contributed by atoms with van der Waals surface area (Å²) in [5.41, 5.74) is 0. The molecule has 2 unspecified atom stereocenters. The van der Waals surface area contributed by atoms with E-state index in [1.165, 1.54) is 6.92 Å². The number of rotatable bonds is 4. The van der Waals surface area contributed by atoms with Crippen LogP contribution in [-0.2, 0) is 9.59 Å². The average Bonchev–Trinajstić information content (AvgIpc) is 2.65. The van der Waals surface area contributed by atoms with E-state index in [0.29, 0.717) is 12.8 Å². The maximum Gasteiger partial charge on any atom is 0.328 e. The summed E-state index contributed by atoms with van der Waals surface area (Å²) < 4.78 is 0. The molecule has 1 aliphatic rings. The Kier molecular flexibility index (Phi) is 3.85. The number of amides is 1. The SMILES string of the molecule is CC(O)C(NC(=O)C1CC=CC1)C(=O)O. The lowest BCUT2D eigenvalue weighted by molar-refractivity contribution is -0.145. The van der Waals surface area contributed by atoms with E-state index < -0.39 is 18.1 Å². The van der Waals surface area contributed by atoms with Crippen LogP contribution in [0.1, 0.15) is 19.8 Å². The normalized spacial score (nSPS) is 19.9. The summed E-state index contributed by atoms with van der Waals surface area (Å²) in [4.78, 5) is 22.2. The highest BCUT2D eigenvalue weighted by Gasteiger charge is 2.28. The van der Waals surface area contributed by atoms with Crippen LogP contribution in [0.25, 0.3) is 0 Å². The summed E-state index contributed by atoms with van der Waals surface area (Å²) in [5.74, 6) is -1.72. The van der Waals surface area contributed by atoms with Gasteiger partial charge in [0.15, 0.2) is 6.04 Å². The Morgan fingerprint density at radius 2 is 1.93 bits per heavy atom. The zero-order valence-corrected chi connectivity index (χ0v) is 8.51. The van der Waals surface area contributed by atoms with Crippen LogP contribution in [0.3, 0.4) is 0 Å². The Hall–Kier alpha value is -1.36. The van der Waals surface area contributed by atoms with Gasteiger partial charge >= 0.3 is 5.97 Å². The fourth-order valence-corrected chi connectivity index (χ4v) is 1.49. The molecule has 0 aromatic rings. The molecule has 0 spiro atoms. The van der Waals surface area contributed by atoms with Crippen molar-refractivity contribution in [3.63, 3.8) is 0 Å². The Bertz CT molecular complexity index is 277. The summed E-state index contributed by atoms with van der Waals surface area (Å²) >= 11 is 0. The predicted octanol–water partition coefficient (Wildman–Crippen LogP) is -0.0972. The van der Waals surface area contributed by atoms with Gasteiger partial charge in [0.2, 0.25) is 5.91 Å². The summed E-state index contributed by atoms with van der Waals surface area (Å²) in [6, 6.07) is -1.22. The molecule has 1 rings (SSSR count). The van der Waals surface area contributed by atoms with E-state index in [2.05, 4.69) is 5.32 Å². The van der Waals surface area contributed by atoms with E-state index in [4.69, 9.17) is 10.2 Å². The second kappa shape index (κ2) is 4.93. The largest absolute Gasteiger partial charge is 0.480 e. The molecule has 15 heavy (non-hydrogen) atoms. The fraction of sp³-hybridized carbons (Fsp3) is 0.600. The van der Waals surface area contributed by atoms with Crippen LogP contribution in [0.15, 0.2) is 12.2 Å². The lowest BCUT2D eigenvalue weighted by Crippen LogP contribution is -2.49. The molecule has 5 nitrogen and oxygen atoms in total. The number of aliphatic hydroxyl groups is 1. The maximum atomic E-state index is 11.5. The Morgan fingerprint density at radius 1 is 1.40 bits per heavy atom. The van der Waals surface area contributed by atoms with E-state index in [1.807, 2.05) is 12.2 Å². The highest BCUT2D eigenvalue weighted by Crippen LogP contribution is 2.17. The van der Waals surface area contributed by atoms with Gasteiger partial charge in [-0.25, -0.2) is 4.79 Å². The molecule has 1 aliphatic carbocycles. The molecule has 3 N–H and O–H groups in total. The highest BCUT2D eigenvalue weighted by molar-refractivity contribution is 5.85. The summed E-state index contributed by atoms with van der Waals surface area (Å²) in [5, 5.41) is 20.2. The lowest BCUT2D eigenvalue weighted by Gasteiger charge is -2.19. The summed E-state index contributed by atoms with van der Waals surface area (Å²) in [6.45, 7) is 1.34. The zero-order valence-electron chi connectivity index (χ0n) is 8.51. The van der Waals surface area contributed by atoms with Gasteiger partial charge in [-0.05, 0) is 19.8 Å². The van der Waals surface area contributed by atoms with E-state index in [1.54, 1.807) is 0 Å². The number of allylic oxidation sites excluding steroid dienone is 2. The number of carbonyl (C=O) groups is 2. The third-order valence-corrected chi connectivity index (χ3v) is 2.42. The monoisotopic (exact) mass is 213 g/mol. The summed E-state index contributed by atoms with van der Waals surface area (Å²) in [7, 11) is 0. The predicted molar refractivity (Wildman–Crippen MR) is 53.1 cm³/mol. The van der Waals surface area contributed by atoms with Gasteiger partial charge in [-0.15, -0.1) is 0 Å². The van der Waals surface area contributed by atoms with Crippen molar-refractivity contribution in [2.24, 2.45) is 5.92 Å². The smallest absolute Gasteiger partial charge is 0.328 e. The molecule has 0 radical (unpaired) electrons. The van der Waals surface area contributed by atoms with Crippen LogP contribution < -0.4 is 5.32 Å². The first kappa shape index (κ1) is 11.7. The lowest BCUT2D eigenvalue weighted by atomic mass is 10.1. The number of nitrogens with one attached hydrogen (secondary N) is 1. The average molecular weight is 213 g/mol. The van der Waals surface area contributed by atoms with Gasteiger partial charge in [0, 0.05) is 5.92 Å². The highest BCUT2D eigenvalue weighted by atomic mass is 16.4. The second-order valence-electron chi connectivity index (χ2n) is 3.70. The molecule has 0 saturated heterocycles. The van der Waals surface area contributed by atoms with E-state index >= 15 is 0 Å². The van der Waals surface area contributed by atoms with Gasteiger partial charge in [0.05, 0.1) is 6.10 Å². The van der Waals surface area contributed by atoms with Crippen molar-refractivity contribution >= 4 is 11.9 Å². The molecule has 0 fully saturated rings. The maximum absolute atomic E-state index is 11.5. The number of aliphatic carboxylic acids is 1. The summed E-state index contributed by atoms with van der Waals surface area (Å²) in [6.07, 6.45) is 3.96. The number of hydrogen-bond donors (Lipinski definition) is 3. The molecule has 0 aliphatic heterocycles. The van der Waals surface area contributed by atoms with Gasteiger partial charge in [0.25, 0.3) is 0 Å². The van der Waals surface area contributed by atoms with E-state index in [0.717, 1.165) is 0 Å². The van der Waals surface area contributed by atoms with Gasteiger partial charge in [-0.3, -0.25) is 4.79 Å².